The van der Waals surface area contributed by atoms with E-state index in [1.165, 1.54) is 6.42 Å². The predicted octanol–water partition coefficient (Wildman–Crippen LogP) is 2.93. The lowest BCUT2D eigenvalue weighted by atomic mass is 9.44. The van der Waals surface area contributed by atoms with Gasteiger partial charge in [0.25, 0.3) is 0 Å². The summed E-state index contributed by atoms with van der Waals surface area (Å²) < 4.78 is 17.0. The Morgan fingerprint density at radius 3 is 2.27 bits per heavy atom. The quantitative estimate of drug-likeness (QED) is 0.331. The van der Waals surface area contributed by atoms with E-state index in [1.807, 2.05) is 30.3 Å². The maximum atomic E-state index is 12.8. The third-order valence-electron chi connectivity index (χ3n) is 8.32. The summed E-state index contributed by atoms with van der Waals surface area (Å²) in [5.41, 5.74) is 1.32. The fraction of sp³-hybridized carbons (Fsp3) is 0.609. The summed E-state index contributed by atoms with van der Waals surface area (Å²) in [5.74, 6) is 0.866. The lowest BCUT2D eigenvalue weighted by Gasteiger charge is -2.66. The second-order valence-corrected chi connectivity index (χ2v) is 10.3. The molecule has 0 aromatic heterocycles. The Morgan fingerprint density at radius 2 is 1.70 bits per heavy atom. The van der Waals surface area contributed by atoms with E-state index in [9.17, 15) is 9.59 Å². The molecule has 7 heteroatoms. The van der Waals surface area contributed by atoms with Crippen LogP contribution in [0.1, 0.15) is 45.3 Å². The number of nitrogens with zero attached hydrogens (tertiary/aromatic N) is 1. The normalized spacial score (nSPS) is 39.1. The highest BCUT2D eigenvalue weighted by Crippen LogP contribution is 2.62. The van der Waals surface area contributed by atoms with Crippen LogP contribution < -0.4 is 0 Å². The Kier molecular flexibility index (Phi) is 4.57. The van der Waals surface area contributed by atoms with Crippen molar-refractivity contribution < 1.29 is 28.1 Å². The minimum Gasteiger partial charge on any atom is -0.493 e. The fourth-order valence-corrected chi connectivity index (χ4v) is 6.38. The Balaban J connectivity index is 1.29. The summed E-state index contributed by atoms with van der Waals surface area (Å²) in [6, 6.07) is 9.39. The number of hydrogen-bond acceptors (Lipinski definition) is 5. The molecule has 6 nitrogen and oxygen atoms in total. The van der Waals surface area contributed by atoms with Crippen LogP contribution in [-0.4, -0.2) is 48.7 Å². The molecule has 0 radical (unpaired) electrons. The summed E-state index contributed by atoms with van der Waals surface area (Å²) in [5, 5.41) is 0. The van der Waals surface area contributed by atoms with Crippen LogP contribution in [0.3, 0.4) is 0 Å². The van der Waals surface area contributed by atoms with Crippen LogP contribution in [0.4, 0.5) is 0 Å². The third-order valence-corrected chi connectivity index (χ3v) is 8.32. The molecule has 0 amide bonds. The van der Waals surface area contributed by atoms with Crippen molar-refractivity contribution in [3.63, 3.8) is 0 Å². The zero-order valence-corrected chi connectivity index (χ0v) is 18.0. The van der Waals surface area contributed by atoms with Crippen molar-refractivity contribution in [2.75, 3.05) is 13.1 Å². The first-order valence-corrected chi connectivity index (χ1v) is 11.0. The first-order valence-electron chi connectivity index (χ1n) is 11.0. The second kappa shape index (κ2) is 6.82. The van der Waals surface area contributed by atoms with Crippen molar-refractivity contribution in [1.29, 1.82) is 0 Å². The van der Waals surface area contributed by atoms with Crippen molar-refractivity contribution >= 4 is 19.1 Å². The molecule has 2 heterocycles. The van der Waals surface area contributed by atoms with Gasteiger partial charge >= 0.3 is 19.1 Å². The van der Waals surface area contributed by atoms with E-state index in [4.69, 9.17) is 14.0 Å². The minimum atomic E-state index is -1.000. The van der Waals surface area contributed by atoms with E-state index in [0.717, 1.165) is 12.0 Å². The highest BCUT2D eigenvalue weighted by atomic mass is 16.7. The fourth-order valence-electron chi connectivity index (χ4n) is 6.38. The lowest BCUT2D eigenvalue weighted by Crippen LogP contribution is -2.68. The SMILES string of the molecule is [CH2-][N+]1([C@@H]2C[C@@H]3CC([C@H]2C)C3(C)C)CC(=O)OB(C2O[C@H]2c2ccccc2)OC(=O)C1. The Hall–Kier alpha value is -1.86. The zero-order valence-electron chi connectivity index (χ0n) is 18.0. The van der Waals surface area contributed by atoms with Gasteiger partial charge in [-0.3, -0.25) is 0 Å². The Bertz CT molecular complexity index is 838. The zero-order chi connectivity index (χ0) is 21.3. The van der Waals surface area contributed by atoms with Gasteiger partial charge in [0.1, 0.15) is 6.10 Å². The molecule has 5 fully saturated rings. The number of benzene rings is 1. The van der Waals surface area contributed by atoms with Gasteiger partial charge in [-0.25, -0.2) is 9.59 Å². The van der Waals surface area contributed by atoms with Gasteiger partial charge in [-0.05, 0) is 29.2 Å². The van der Waals surface area contributed by atoms with Crippen LogP contribution in [0.25, 0.3) is 0 Å². The van der Waals surface area contributed by atoms with Crippen LogP contribution in [0, 0.1) is 30.2 Å². The minimum absolute atomic E-state index is 0.0865. The summed E-state index contributed by atoms with van der Waals surface area (Å²) in [4.78, 5) is 25.6. The van der Waals surface area contributed by atoms with Crippen LogP contribution >= 0.6 is 0 Å². The second-order valence-electron chi connectivity index (χ2n) is 10.3. The van der Waals surface area contributed by atoms with Crippen molar-refractivity contribution in [3.05, 3.63) is 42.9 Å². The van der Waals surface area contributed by atoms with Gasteiger partial charge in [0.05, 0.1) is 6.04 Å². The molecule has 6 rings (SSSR count). The molecule has 1 aromatic rings. The van der Waals surface area contributed by atoms with Crippen LogP contribution in [0.15, 0.2) is 30.3 Å². The molecule has 3 aliphatic carbocycles. The largest absolute Gasteiger partial charge is 0.633 e. The highest BCUT2D eigenvalue weighted by molar-refractivity contribution is 6.51. The Morgan fingerprint density at radius 1 is 1.07 bits per heavy atom. The number of fused-ring (bicyclic) bond motifs is 2. The molecule has 160 valence electrons. The molecular formula is C23H30BNO5. The van der Waals surface area contributed by atoms with Gasteiger partial charge in [0.15, 0.2) is 19.1 Å². The number of ether oxygens (including phenoxy) is 1. The van der Waals surface area contributed by atoms with Crippen LogP contribution in [0.5, 0.6) is 0 Å². The van der Waals surface area contributed by atoms with Gasteiger partial charge < -0.3 is 18.5 Å². The molecular weight excluding hydrogens is 381 g/mol. The first kappa shape index (κ1) is 20.1. The van der Waals surface area contributed by atoms with E-state index in [2.05, 4.69) is 27.8 Å². The summed E-state index contributed by atoms with van der Waals surface area (Å²) in [7, 11) is 3.36. The van der Waals surface area contributed by atoms with E-state index < -0.39 is 13.1 Å². The molecule has 0 spiro atoms. The molecule has 30 heavy (non-hydrogen) atoms. The van der Waals surface area contributed by atoms with Gasteiger partial charge in [-0.15, -0.1) is 7.05 Å². The molecule has 2 unspecified atom stereocenters. The van der Waals surface area contributed by atoms with Gasteiger partial charge in [0.2, 0.25) is 0 Å². The maximum Gasteiger partial charge on any atom is 0.633 e. The molecule has 6 atom stereocenters. The van der Waals surface area contributed by atoms with Gasteiger partial charge in [-0.2, -0.15) is 0 Å². The standard InChI is InChI=1S/C23H30BNO5/c1-14-17-10-16(23(17,2)3)11-18(14)25(4)12-19(26)29-24(30-20(27)13-25)22-21(28-22)15-8-6-5-7-9-15/h5-9,14,16-18,21-22H,4,10-13H2,1-3H3/t14-,16+,17?,18-,21+,22?/m1/s1. The maximum absolute atomic E-state index is 12.8. The van der Waals surface area contributed by atoms with Crippen molar-refractivity contribution in [2.24, 2.45) is 23.2 Å². The highest BCUT2D eigenvalue weighted by Gasteiger charge is 2.61. The average Bonchev–Trinajstić information content (AvgIpc) is 3.47. The van der Waals surface area contributed by atoms with E-state index in [-0.39, 0.29) is 41.7 Å². The number of quaternary nitrogens is 1. The van der Waals surface area contributed by atoms with Crippen molar-refractivity contribution in [1.82, 2.24) is 0 Å². The number of hydrogen-bond donors (Lipinski definition) is 0. The lowest BCUT2D eigenvalue weighted by molar-refractivity contribution is -0.904. The number of epoxide rings is 1. The smallest absolute Gasteiger partial charge is 0.493 e. The van der Waals surface area contributed by atoms with Crippen molar-refractivity contribution in [2.45, 2.75) is 51.8 Å². The van der Waals surface area contributed by atoms with E-state index >= 15 is 0 Å². The van der Waals surface area contributed by atoms with Crippen LogP contribution in [0.2, 0.25) is 0 Å². The van der Waals surface area contributed by atoms with E-state index in [0.29, 0.717) is 23.2 Å². The predicted molar refractivity (Wildman–Crippen MR) is 110 cm³/mol. The monoisotopic (exact) mass is 411 g/mol. The molecule has 3 saturated carbocycles. The first-order chi connectivity index (χ1) is 14.2. The summed E-state index contributed by atoms with van der Waals surface area (Å²) in [6.45, 7) is 7.10. The third kappa shape index (κ3) is 3.18. The molecule has 5 aliphatic rings. The van der Waals surface area contributed by atoms with Crippen LogP contribution in [-0.2, 0) is 23.6 Å². The van der Waals surface area contributed by atoms with Gasteiger partial charge in [0, 0.05) is 12.3 Å². The number of carbonyl (C=O) groups excluding carboxylic acids is 2. The molecule has 0 N–H and O–H groups in total. The number of carbonyl (C=O) groups is 2. The average molecular weight is 411 g/mol. The topological polar surface area (TPSA) is 65.1 Å². The number of rotatable bonds is 3. The van der Waals surface area contributed by atoms with E-state index in [1.54, 1.807) is 0 Å². The van der Waals surface area contributed by atoms with Crippen molar-refractivity contribution in [3.8, 4) is 0 Å². The Labute approximate surface area is 178 Å². The molecule has 1 aromatic carbocycles. The summed E-state index contributed by atoms with van der Waals surface area (Å²) in [6.07, 6.45) is 2.00. The molecule has 2 saturated heterocycles. The van der Waals surface area contributed by atoms with Gasteiger partial charge in [-0.1, -0.05) is 51.1 Å². The molecule has 2 aliphatic heterocycles. The summed E-state index contributed by atoms with van der Waals surface area (Å²) >= 11 is 0. The molecule has 2 bridgehead atoms.